The molecule has 0 saturated carbocycles. The Morgan fingerprint density at radius 1 is 1.56 bits per heavy atom. The van der Waals surface area contributed by atoms with Gasteiger partial charge in [-0.3, -0.25) is 4.79 Å². The number of carboxylic acids is 1. The minimum absolute atomic E-state index is 0.0253. The van der Waals surface area contributed by atoms with Gasteiger partial charge in [-0.15, -0.1) is 0 Å². The van der Waals surface area contributed by atoms with Crippen LogP contribution in [0.1, 0.15) is 32.6 Å². The van der Waals surface area contributed by atoms with Gasteiger partial charge in [-0.25, -0.2) is 0 Å². The lowest BCUT2D eigenvalue weighted by molar-refractivity contribution is -0.151. The Labute approximate surface area is 96.0 Å². The second kappa shape index (κ2) is 5.61. The lowest BCUT2D eigenvalue weighted by Crippen LogP contribution is -2.65. The average molecular weight is 230 g/mol. The van der Waals surface area contributed by atoms with E-state index < -0.39 is 17.6 Å². The van der Waals surface area contributed by atoms with Crippen LogP contribution in [0.2, 0.25) is 0 Å². The molecule has 0 aromatic carbocycles. The quantitative estimate of drug-likeness (QED) is 0.459. The normalized spacial score (nSPS) is 22.2. The van der Waals surface area contributed by atoms with Gasteiger partial charge in [0.15, 0.2) is 0 Å². The topological polar surface area (TPSA) is 95.6 Å². The van der Waals surface area contributed by atoms with Crippen molar-refractivity contribution in [2.24, 2.45) is 11.7 Å². The molecule has 94 valence electrons. The summed E-state index contributed by atoms with van der Waals surface area (Å²) in [5.74, 6) is -1.12. The molecule has 1 saturated heterocycles. The molecule has 0 amide bonds. The maximum Gasteiger partial charge on any atom is 0.326 e. The summed E-state index contributed by atoms with van der Waals surface area (Å²) in [6.07, 6.45) is 2.09. The van der Waals surface area contributed by atoms with E-state index in [9.17, 15) is 9.90 Å². The molecule has 5 heteroatoms. The maximum atomic E-state index is 11.2. The van der Waals surface area contributed by atoms with Crippen molar-refractivity contribution in [2.75, 3.05) is 13.1 Å². The third-order valence-corrected chi connectivity index (χ3v) is 3.38. The highest BCUT2D eigenvalue weighted by Gasteiger charge is 2.46. The Bertz CT molecular complexity index is 243. The predicted molar refractivity (Wildman–Crippen MR) is 61.1 cm³/mol. The number of aliphatic hydroxyl groups is 1. The first-order valence-corrected chi connectivity index (χ1v) is 5.93. The van der Waals surface area contributed by atoms with Crippen molar-refractivity contribution < 1.29 is 15.0 Å². The third-order valence-electron chi connectivity index (χ3n) is 3.38. The van der Waals surface area contributed by atoms with Crippen LogP contribution in [0.4, 0.5) is 0 Å². The summed E-state index contributed by atoms with van der Waals surface area (Å²) in [7, 11) is 0. The van der Waals surface area contributed by atoms with Crippen LogP contribution in [0, 0.1) is 5.92 Å². The van der Waals surface area contributed by atoms with Gasteiger partial charge in [0, 0.05) is 19.0 Å². The highest BCUT2D eigenvalue weighted by molar-refractivity contribution is 5.79. The zero-order valence-corrected chi connectivity index (χ0v) is 9.78. The van der Waals surface area contributed by atoms with Gasteiger partial charge in [0.05, 0.1) is 6.10 Å². The summed E-state index contributed by atoms with van der Waals surface area (Å²) in [5, 5.41) is 22.2. The Hall–Kier alpha value is -0.650. The van der Waals surface area contributed by atoms with Crippen LogP contribution in [0.15, 0.2) is 0 Å². The standard InChI is InChI=1S/C11H22N2O3/c1-2-3-4-5-11(12,10(15)16)9(14)8-6-13-7-8/h8-9,13-14H,2-7,12H2,1H3,(H,15,16). The highest BCUT2D eigenvalue weighted by Crippen LogP contribution is 2.24. The number of carboxylic acid groups (broad SMARTS) is 1. The van der Waals surface area contributed by atoms with Crippen LogP contribution in [-0.4, -0.2) is 40.9 Å². The van der Waals surface area contributed by atoms with Gasteiger partial charge < -0.3 is 21.3 Å². The molecule has 1 rings (SSSR count). The summed E-state index contributed by atoms with van der Waals surface area (Å²) < 4.78 is 0. The first-order valence-electron chi connectivity index (χ1n) is 5.93. The zero-order valence-electron chi connectivity index (χ0n) is 9.78. The fraction of sp³-hybridized carbons (Fsp3) is 0.909. The van der Waals surface area contributed by atoms with Crippen LogP contribution < -0.4 is 11.1 Å². The van der Waals surface area contributed by atoms with Crippen LogP contribution in [-0.2, 0) is 4.79 Å². The number of rotatable bonds is 7. The number of hydrogen-bond acceptors (Lipinski definition) is 4. The molecule has 5 N–H and O–H groups in total. The largest absolute Gasteiger partial charge is 0.480 e. The number of aliphatic carboxylic acids is 1. The summed E-state index contributed by atoms with van der Waals surface area (Å²) in [4.78, 5) is 11.2. The molecule has 1 aliphatic heterocycles. The number of aliphatic hydroxyl groups excluding tert-OH is 1. The first-order chi connectivity index (χ1) is 7.52. The number of unbranched alkanes of at least 4 members (excludes halogenated alkanes) is 2. The van der Waals surface area contributed by atoms with Crippen molar-refractivity contribution in [1.29, 1.82) is 0 Å². The first kappa shape index (κ1) is 13.4. The maximum absolute atomic E-state index is 11.2. The van der Waals surface area contributed by atoms with Crippen LogP contribution >= 0.6 is 0 Å². The molecular weight excluding hydrogens is 208 g/mol. The predicted octanol–water partition coefficient (Wildman–Crippen LogP) is -0.0709. The van der Waals surface area contributed by atoms with E-state index in [1.165, 1.54) is 0 Å². The van der Waals surface area contributed by atoms with E-state index in [-0.39, 0.29) is 5.92 Å². The molecule has 5 nitrogen and oxygen atoms in total. The molecule has 1 heterocycles. The van der Waals surface area contributed by atoms with Crippen LogP contribution in [0.3, 0.4) is 0 Å². The Morgan fingerprint density at radius 3 is 2.56 bits per heavy atom. The Morgan fingerprint density at radius 2 is 2.19 bits per heavy atom. The molecule has 2 unspecified atom stereocenters. The highest BCUT2D eigenvalue weighted by atomic mass is 16.4. The van der Waals surface area contributed by atoms with Crippen LogP contribution in [0.25, 0.3) is 0 Å². The van der Waals surface area contributed by atoms with Crippen molar-refractivity contribution in [3.8, 4) is 0 Å². The van der Waals surface area contributed by atoms with E-state index >= 15 is 0 Å². The number of nitrogens with two attached hydrogens (primary N) is 1. The van der Waals surface area contributed by atoms with E-state index in [1.54, 1.807) is 0 Å². The fourth-order valence-corrected chi connectivity index (χ4v) is 2.00. The van der Waals surface area contributed by atoms with Crippen molar-refractivity contribution in [1.82, 2.24) is 5.32 Å². The smallest absolute Gasteiger partial charge is 0.326 e. The fourth-order valence-electron chi connectivity index (χ4n) is 2.00. The SMILES string of the molecule is CCCCCC(N)(C(=O)O)C(O)C1CNC1. The minimum Gasteiger partial charge on any atom is -0.480 e. The van der Waals surface area contributed by atoms with E-state index in [4.69, 9.17) is 10.8 Å². The van der Waals surface area contributed by atoms with Crippen molar-refractivity contribution in [2.45, 2.75) is 44.2 Å². The van der Waals surface area contributed by atoms with Gasteiger partial charge in [0.1, 0.15) is 5.54 Å². The molecule has 0 bridgehead atoms. The molecule has 2 atom stereocenters. The van der Waals surface area contributed by atoms with E-state index in [1.807, 2.05) is 6.92 Å². The molecule has 16 heavy (non-hydrogen) atoms. The molecule has 0 aromatic heterocycles. The molecule has 0 aliphatic carbocycles. The molecule has 0 aromatic rings. The second-order valence-corrected chi connectivity index (χ2v) is 4.67. The molecule has 1 fully saturated rings. The van der Waals surface area contributed by atoms with Crippen molar-refractivity contribution in [3.05, 3.63) is 0 Å². The van der Waals surface area contributed by atoms with E-state index in [0.717, 1.165) is 19.3 Å². The number of hydrogen-bond donors (Lipinski definition) is 4. The third kappa shape index (κ3) is 2.72. The summed E-state index contributed by atoms with van der Waals surface area (Å²) >= 11 is 0. The van der Waals surface area contributed by atoms with Crippen molar-refractivity contribution in [3.63, 3.8) is 0 Å². The van der Waals surface area contributed by atoms with Gasteiger partial charge >= 0.3 is 5.97 Å². The number of nitrogens with one attached hydrogen (secondary N) is 1. The lowest BCUT2D eigenvalue weighted by atomic mass is 9.78. The summed E-state index contributed by atoms with van der Waals surface area (Å²) in [6, 6.07) is 0. The monoisotopic (exact) mass is 230 g/mol. The van der Waals surface area contributed by atoms with Gasteiger partial charge in [-0.1, -0.05) is 26.2 Å². The van der Waals surface area contributed by atoms with E-state index in [0.29, 0.717) is 19.5 Å². The Kier molecular flexibility index (Phi) is 4.70. The zero-order chi connectivity index (χ0) is 12.2. The molecule has 0 radical (unpaired) electrons. The summed E-state index contributed by atoms with van der Waals surface area (Å²) in [6.45, 7) is 3.35. The minimum atomic E-state index is -1.48. The van der Waals surface area contributed by atoms with Gasteiger partial charge in [0.2, 0.25) is 0 Å². The molecule has 0 spiro atoms. The molecule has 1 aliphatic rings. The van der Waals surface area contributed by atoms with E-state index in [2.05, 4.69) is 5.32 Å². The number of carbonyl (C=O) groups is 1. The summed E-state index contributed by atoms with van der Waals surface area (Å²) in [5.41, 5.74) is 4.37. The van der Waals surface area contributed by atoms with Gasteiger partial charge in [-0.05, 0) is 6.42 Å². The second-order valence-electron chi connectivity index (χ2n) is 4.67. The van der Waals surface area contributed by atoms with Crippen molar-refractivity contribution >= 4 is 5.97 Å². The van der Waals surface area contributed by atoms with Gasteiger partial charge in [-0.2, -0.15) is 0 Å². The van der Waals surface area contributed by atoms with Crippen LogP contribution in [0.5, 0.6) is 0 Å². The molecular formula is C11H22N2O3. The van der Waals surface area contributed by atoms with Gasteiger partial charge in [0.25, 0.3) is 0 Å². The Balaban J connectivity index is 2.58. The average Bonchev–Trinajstić information content (AvgIpc) is 2.14. The lowest BCUT2D eigenvalue weighted by Gasteiger charge is -2.39.